The standard InChI is InChI=1S/C58H41N13O/c1-67-51-37(18-12-30-59-51)63-55(67)47-45(34-16-6-5-7-17-34)48(56-64-38-19-13-31-60-52(38)68(56)2)50(58-66-40-21-15-33-62-54(40)70(58)4)46(49(47)57-65-39-20-14-32-61-53(39)69(57)3)35-26-28-36(29-27-35)71-41-22-8-10-24-43(41)72-44-25-11-9-23-42(44)71/h5-33H,1-4H3. The van der Waals surface area contributed by atoms with Crippen LogP contribution in [0, 0.1) is 0 Å². The van der Waals surface area contributed by atoms with Gasteiger partial charge in [-0.1, -0.05) is 66.7 Å². The van der Waals surface area contributed by atoms with Crippen LogP contribution in [-0.4, -0.2) is 58.1 Å². The van der Waals surface area contributed by atoms with Gasteiger partial charge in [0.2, 0.25) is 0 Å². The maximum atomic E-state index is 6.45. The lowest BCUT2D eigenvalue weighted by molar-refractivity contribution is 0.477. The van der Waals surface area contributed by atoms with Crippen molar-refractivity contribution in [3.63, 3.8) is 0 Å². The van der Waals surface area contributed by atoms with E-state index in [4.69, 9.17) is 44.6 Å². The van der Waals surface area contributed by atoms with Gasteiger partial charge in [0.1, 0.15) is 45.4 Å². The summed E-state index contributed by atoms with van der Waals surface area (Å²) in [6.45, 7) is 0. The van der Waals surface area contributed by atoms with Crippen molar-refractivity contribution in [2.75, 3.05) is 4.90 Å². The second-order valence-corrected chi connectivity index (χ2v) is 17.9. The fourth-order valence-corrected chi connectivity index (χ4v) is 10.6. The number of hydrogen-bond acceptors (Lipinski definition) is 10. The predicted octanol–water partition coefficient (Wildman–Crippen LogP) is 12.4. The molecule has 8 aromatic heterocycles. The van der Waals surface area contributed by atoms with Crippen molar-refractivity contribution >= 4 is 61.7 Å². The Hall–Kier alpha value is -9.82. The van der Waals surface area contributed by atoms with Crippen LogP contribution in [0.5, 0.6) is 11.5 Å². The molecule has 0 bridgehead atoms. The molecule has 0 N–H and O–H groups in total. The van der Waals surface area contributed by atoms with Crippen LogP contribution in [0.2, 0.25) is 0 Å². The zero-order valence-electron chi connectivity index (χ0n) is 39.5. The molecule has 13 aromatic rings. The van der Waals surface area contributed by atoms with E-state index in [-0.39, 0.29) is 0 Å². The Bertz CT molecular complexity index is 4090. The largest absolute Gasteiger partial charge is 0.453 e. The van der Waals surface area contributed by atoms with Gasteiger partial charge < -0.3 is 27.9 Å². The summed E-state index contributed by atoms with van der Waals surface area (Å²) in [5.74, 6) is 4.29. The van der Waals surface area contributed by atoms with Crippen LogP contribution in [0.25, 0.3) is 112 Å². The molecule has 0 fully saturated rings. The molecule has 1 aliphatic heterocycles. The molecule has 344 valence electrons. The van der Waals surface area contributed by atoms with Crippen molar-refractivity contribution in [3.8, 4) is 79.3 Å². The third kappa shape index (κ3) is 6.08. The highest BCUT2D eigenvalue weighted by Gasteiger charge is 2.37. The van der Waals surface area contributed by atoms with Gasteiger partial charge in [-0.05, 0) is 96.1 Å². The predicted molar refractivity (Wildman–Crippen MR) is 282 cm³/mol. The van der Waals surface area contributed by atoms with E-state index in [2.05, 4.69) is 83.8 Å². The Kier molecular flexibility index (Phi) is 9.07. The van der Waals surface area contributed by atoms with E-state index in [0.717, 1.165) is 118 Å². The molecule has 72 heavy (non-hydrogen) atoms. The Morgan fingerprint density at radius 3 is 1.01 bits per heavy atom. The smallest absolute Gasteiger partial charge is 0.159 e. The first-order valence-electron chi connectivity index (χ1n) is 23.6. The van der Waals surface area contributed by atoms with Gasteiger partial charge in [-0.2, -0.15) is 0 Å². The van der Waals surface area contributed by atoms with Gasteiger partial charge in [-0.25, -0.2) is 39.9 Å². The Morgan fingerprint density at radius 1 is 0.319 bits per heavy atom. The number of para-hydroxylation sites is 4. The number of aryl methyl sites for hydroxylation is 4. The molecule has 5 aromatic carbocycles. The van der Waals surface area contributed by atoms with Gasteiger partial charge in [0.15, 0.2) is 34.1 Å². The monoisotopic (exact) mass is 935 g/mol. The van der Waals surface area contributed by atoms with Crippen molar-refractivity contribution in [2.45, 2.75) is 0 Å². The minimum Gasteiger partial charge on any atom is -0.453 e. The van der Waals surface area contributed by atoms with Gasteiger partial charge in [0, 0.05) is 92.0 Å². The maximum Gasteiger partial charge on any atom is 0.159 e. The van der Waals surface area contributed by atoms with Crippen molar-refractivity contribution in [1.82, 2.24) is 58.1 Å². The molecule has 0 amide bonds. The highest BCUT2D eigenvalue weighted by atomic mass is 16.5. The van der Waals surface area contributed by atoms with Crippen LogP contribution in [0.4, 0.5) is 17.1 Å². The summed E-state index contributed by atoms with van der Waals surface area (Å²) in [5.41, 5.74) is 15.6. The van der Waals surface area contributed by atoms with Crippen LogP contribution in [0.15, 0.2) is 176 Å². The Balaban J connectivity index is 1.21. The van der Waals surface area contributed by atoms with Crippen LogP contribution in [0.1, 0.15) is 0 Å². The summed E-state index contributed by atoms with van der Waals surface area (Å²) in [6, 6.07) is 51.2. The number of anilines is 3. The molecule has 0 radical (unpaired) electrons. The molecule has 14 rings (SSSR count). The molecule has 0 aliphatic carbocycles. The summed E-state index contributed by atoms with van der Waals surface area (Å²) in [4.78, 5) is 43.9. The number of rotatable bonds is 7. The van der Waals surface area contributed by atoms with E-state index in [1.165, 1.54) is 0 Å². The van der Waals surface area contributed by atoms with Gasteiger partial charge in [0.05, 0.1) is 11.4 Å². The van der Waals surface area contributed by atoms with Gasteiger partial charge in [-0.3, -0.25) is 0 Å². The minimum atomic E-state index is 0.683. The summed E-state index contributed by atoms with van der Waals surface area (Å²) in [5, 5.41) is 0. The molecular weight excluding hydrogens is 895 g/mol. The number of ether oxygens (including phenoxy) is 1. The molecule has 0 atom stereocenters. The maximum absolute atomic E-state index is 6.45. The average molecular weight is 936 g/mol. The van der Waals surface area contributed by atoms with E-state index in [1.807, 2.05) is 144 Å². The number of pyridine rings is 4. The number of aromatic nitrogens is 12. The highest BCUT2D eigenvalue weighted by molar-refractivity contribution is 6.14. The average Bonchev–Trinajstić information content (AvgIpc) is 4.16. The quantitative estimate of drug-likeness (QED) is 0.152. The van der Waals surface area contributed by atoms with Gasteiger partial charge >= 0.3 is 0 Å². The second-order valence-electron chi connectivity index (χ2n) is 17.9. The second kappa shape index (κ2) is 15.9. The van der Waals surface area contributed by atoms with Crippen LogP contribution in [0.3, 0.4) is 0 Å². The van der Waals surface area contributed by atoms with E-state index in [9.17, 15) is 0 Å². The summed E-state index contributed by atoms with van der Waals surface area (Å²) >= 11 is 0. The fraction of sp³-hybridized carbons (Fsp3) is 0.0690. The topological polar surface area (TPSA) is 135 Å². The zero-order valence-corrected chi connectivity index (χ0v) is 39.5. The molecule has 14 heteroatoms. The molecule has 0 spiro atoms. The summed E-state index contributed by atoms with van der Waals surface area (Å²) in [6.07, 6.45) is 7.24. The molecule has 14 nitrogen and oxygen atoms in total. The summed E-state index contributed by atoms with van der Waals surface area (Å²) in [7, 11) is 8.12. The molecule has 0 saturated carbocycles. The Morgan fingerprint density at radius 2 is 0.653 bits per heavy atom. The molecular formula is C58H41N13O. The van der Waals surface area contributed by atoms with Crippen molar-refractivity contribution in [1.29, 1.82) is 0 Å². The third-order valence-electron chi connectivity index (χ3n) is 13.8. The van der Waals surface area contributed by atoms with Gasteiger partial charge in [0.25, 0.3) is 0 Å². The van der Waals surface area contributed by atoms with Crippen molar-refractivity contribution < 1.29 is 4.74 Å². The molecule has 0 unspecified atom stereocenters. The van der Waals surface area contributed by atoms with E-state index in [1.54, 1.807) is 0 Å². The lowest BCUT2D eigenvalue weighted by Crippen LogP contribution is -2.15. The molecule has 0 saturated heterocycles. The lowest BCUT2D eigenvalue weighted by atomic mass is 9.79. The lowest BCUT2D eigenvalue weighted by Gasteiger charge is -2.33. The van der Waals surface area contributed by atoms with Gasteiger partial charge in [-0.15, -0.1) is 0 Å². The molecule has 1 aliphatic rings. The van der Waals surface area contributed by atoms with E-state index in [0.29, 0.717) is 23.3 Å². The first-order chi connectivity index (χ1) is 35.4. The minimum absolute atomic E-state index is 0.683. The number of nitrogens with zero attached hydrogens (tertiary/aromatic N) is 13. The SMILES string of the molecule is Cn1c(-c2c(-c3ccccc3)c(-c3nc4cccnc4n3C)c(-c3nc4cccnc4n3C)c(-c3ccc(N4c5ccccc5Oc5ccccc54)cc3)c2-c2nc3cccnc3n2C)nc2cccnc21. The first-order valence-corrected chi connectivity index (χ1v) is 23.6. The first kappa shape index (κ1) is 41.2. The normalized spacial score (nSPS) is 12.2. The van der Waals surface area contributed by atoms with Crippen LogP contribution >= 0.6 is 0 Å². The number of hydrogen-bond donors (Lipinski definition) is 0. The van der Waals surface area contributed by atoms with Crippen molar-refractivity contribution in [2.24, 2.45) is 28.2 Å². The number of imidazole rings is 4. The zero-order chi connectivity index (χ0) is 48.2. The Labute approximate surface area is 411 Å². The highest BCUT2D eigenvalue weighted by Crippen LogP contribution is 2.57. The summed E-state index contributed by atoms with van der Waals surface area (Å²) < 4.78 is 14.8. The van der Waals surface area contributed by atoms with Crippen LogP contribution < -0.4 is 9.64 Å². The van der Waals surface area contributed by atoms with E-state index < -0.39 is 0 Å². The third-order valence-corrected chi connectivity index (χ3v) is 13.8. The van der Waals surface area contributed by atoms with E-state index >= 15 is 0 Å². The van der Waals surface area contributed by atoms with Crippen LogP contribution in [-0.2, 0) is 28.2 Å². The van der Waals surface area contributed by atoms with Crippen molar-refractivity contribution in [3.05, 3.63) is 176 Å². The fourth-order valence-electron chi connectivity index (χ4n) is 10.6. The number of fused-ring (bicyclic) bond motifs is 6. The molecule has 9 heterocycles. The number of benzene rings is 5.